The largest absolute Gasteiger partial charge is 0.320 e. The predicted molar refractivity (Wildman–Crippen MR) is 77.1 cm³/mol. The average molecular weight is 243 g/mol. The van der Waals surface area contributed by atoms with Gasteiger partial charge < -0.3 is 5.32 Å². The molecule has 0 spiro atoms. The zero-order valence-corrected chi connectivity index (χ0v) is 12.1. The lowest BCUT2D eigenvalue weighted by Crippen LogP contribution is -2.35. The van der Waals surface area contributed by atoms with Crippen LogP contribution in [-0.4, -0.2) is 26.7 Å². The van der Waals surface area contributed by atoms with Crippen molar-refractivity contribution in [1.82, 2.24) is 16.2 Å². The Kier molecular flexibility index (Phi) is 13.8. The molecule has 0 aromatic heterocycles. The van der Waals surface area contributed by atoms with Gasteiger partial charge in [0.1, 0.15) is 0 Å². The lowest BCUT2D eigenvalue weighted by atomic mass is 10.0. The van der Waals surface area contributed by atoms with Crippen molar-refractivity contribution in [3.8, 4) is 0 Å². The quantitative estimate of drug-likeness (QED) is 0.344. The SMILES string of the molecule is CCCCCC(C)CNNCCCCCNC. The first kappa shape index (κ1) is 16.9. The van der Waals surface area contributed by atoms with Crippen LogP contribution >= 0.6 is 0 Å². The molecule has 104 valence electrons. The molecule has 0 aliphatic rings. The second-order valence-corrected chi connectivity index (χ2v) is 5.07. The van der Waals surface area contributed by atoms with Crippen LogP contribution in [0.2, 0.25) is 0 Å². The van der Waals surface area contributed by atoms with Crippen LogP contribution in [0.15, 0.2) is 0 Å². The molecule has 0 aliphatic carbocycles. The predicted octanol–water partition coefficient (Wildman–Crippen LogP) is 2.69. The maximum Gasteiger partial charge on any atom is 0.0125 e. The fraction of sp³-hybridized carbons (Fsp3) is 1.00. The van der Waals surface area contributed by atoms with Gasteiger partial charge in [0.05, 0.1) is 0 Å². The number of unbranched alkanes of at least 4 members (excludes halogenated alkanes) is 4. The van der Waals surface area contributed by atoms with Gasteiger partial charge in [-0.05, 0) is 38.8 Å². The van der Waals surface area contributed by atoms with E-state index < -0.39 is 0 Å². The van der Waals surface area contributed by atoms with E-state index in [0.717, 1.165) is 25.6 Å². The van der Waals surface area contributed by atoms with E-state index in [1.165, 1.54) is 44.9 Å². The molecule has 0 radical (unpaired) electrons. The Hall–Kier alpha value is -0.120. The molecule has 17 heavy (non-hydrogen) atoms. The van der Waals surface area contributed by atoms with Crippen LogP contribution in [0.5, 0.6) is 0 Å². The van der Waals surface area contributed by atoms with E-state index in [4.69, 9.17) is 0 Å². The second kappa shape index (κ2) is 13.9. The molecule has 0 fully saturated rings. The molecule has 0 aromatic carbocycles. The molecule has 0 aromatic rings. The minimum atomic E-state index is 0.790. The zero-order valence-electron chi connectivity index (χ0n) is 12.1. The highest BCUT2D eigenvalue weighted by Crippen LogP contribution is 2.07. The van der Waals surface area contributed by atoms with Crippen molar-refractivity contribution in [2.75, 3.05) is 26.7 Å². The van der Waals surface area contributed by atoms with Gasteiger partial charge in [-0.2, -0.15) is 0 Å². The van der Waals surface area contributed by atoms with Crippen LogP contribution in [0, 0.1) is 5.92 Å². The van der Waals surface area contributed by atoms with E-state index in [1.54, 1.807) is 0 Å². The highest BCUT2D eigenvalue weighted by atomic mass is 15.3. The molecular formula is C14H33N3. The van der Waals surface area contributed by atoms with Crippen LogP contribution in [-0.2, 0) is 0 Å². The van der Waals surface area contributed by atoms with Crippen LogP contribution in [0.1, 0.15) is 58.8 Å². The highest BCUT2D eigenvalue weighted by Gasteiger charge is 2.00. The number of hydrogen-bond donors (Lipinski definition) is 3. The lowest BCUT2D eigenvalue weighted by Gasteiger charge is -2.13. The summed E-state index contributed by atoms with van der Waals surface area (Å²) in [6.45, 7) is 7.92. The summed E-state index contributed by atoms with van der Waals surface area (Å²) in [5.41, 5.74) is 6.65. The Bertz CT molecular complexity index is 139. The minimum absolute atomic E-state index is 0.790. The summed E-state index contributed by atoms with van der Waals surface area (Å²) in [5, 5.41) is 3.17. The van der Waals surface area contributed by atoms with Gasteiger partial charge in [0.15, 0.2) is 0 Å². The zero-order chi connectivity index (χ0) is 12.8. The van der Waals surface area contributed by atoms with Crippen LogP contribution in [0.3, 0.4) is 0 Å². The van der Waals surface area contributed by atoms with Gasteiger partial charge in [0, 0.05) is 13.1 Å². The summed E-state index contributed by atoms with van der Waals surface area (Å²) in [6, 6.07) is 0. The summed E-state index contributed by atoms with van der Waals surface area (Å²) >= 11 is 0. The Labute approximate surface area is 108 Å². The first-order valence-corrected chi connectivity index (χ1v) is 7.41. The van der Waals surface area contributed by atoms with E-state index in [2.05, 4.69) is 30.0 Å². The third kappa shape index (κ3) is 13.8. The van der Waals surface area contributed by atoms with Crippen molar-refractivity contribution in [3.05, 3.63) is 0 Å². The van der Waals surface area contributed by atoms with Crippen LogP contribution < -0.4 is 16.2 Å². The summed E-state index contributed by atoms with van der Waals surface area (Å²) in [7, 11) is 2.01. The summed E-state index contributed by atoms with van der Waals surface area (Å²) in [4.78, 5) is 0. The number of rotatable bonds is 13. The van der Waals surface area contributed by atoms with Gasteiger partial charge >= 0.3 is 0 Å². The topological polar surface area (TPSA) is 36.1 Å². The molecule has 3 N–H and O–H groups in total. The molecule has 3 nitrogen and oxygen atoms in total. The average Bonchev–Trinajstić information content (AvgIpc) is 2.33. The normalized spacial score (nSPS) is 12.9. The third-order valence-corrected chi connectivity index (χ3v) is 3.10. The van der Waals surface area contributed by atoms with Gasteiger partial charge in [-0.3, -0.25) is 10.9 Å². The second-order valence-electron chi connectivity index (χ2n) is 5.07. The van der Waals surface area contributed by atoms with Gasteiger partial charge in [-0.1, -0.05) is 39.5 Å². The van der Waals surface area contributed by atoms with E-state index in [9.17, 15) is 0 Å². The number of hydrogen-bond acceptors (Lipinski definition) is 3. The first-order chi connectivity index (χ1) is 8.31. The first-order valence-electron chi connectivity index (χ1n) is 7.41. The molecule has 1 atom stereocenters. The van der Waals surface area contributed by atoms with Crippen molar-refractivity contribution in [2.45, 2.75) is 58.8 Å². The number of hydrazine groups is 1. The highest BCUT2D eigenvalue weighted by molar-refractivity contribution is 4.55. The molecular weight excluding hydrogens is 210 g/mol. The van der Waals surface area contributed by atoms with Gasteiger partial charge in [-0.25, -0.2) is 0 Å². The van der Waals surface area contributed by atoms with Crippen molar-refractivity contribution in [2.24, 2.45) is 5.92 Å². The third-order valence-electron chi connectivity index (χ3n) is 3.10. The Morgan fingerprint density at radius 2 is 1.65 bits per heavy atom. The van der Waals surface area contributed by atoms with Crippen molar-refractivity contribution in [1.29, 1.82) is 0 Å². The van der Waals surface area contributed by atoms with E-state index in [0.29, 0.717) is 0 Å². The standard InChI is InChI=1S/C14H33N3/c1-4-5-7-10-14(2)13-17-16-12-9-6-8-11-15-3/h14-17H,4-13H2,1-3H3. The fourth-order valence-corrected chi connectivity index (χ4v) is 1.87. The molecule has 1 unspecified atom stereocenters. The molecule has 0 saturated carbocycles. The Morgan fingerprint density at radius 1 is 0.882 bits per heavy atom. The maximum atomic E-state index is 3.34. The summed E-state index contributed by atoms with van der Waals surface area (Å²) in [6.07, 6.45) is 9.29. The van der Waals surface area contributed by atoms with Crippen molar-refractivity contribution in [3.63, 3.8) is 0 Å². The Balaban J connectivity index is 3.05. The summed E-state index contributed by atoms with van der Waals surface area (Å²) < 4.78 is 0. The monoisotopic (exact) mass is 243 g/mol. The Morgan fingerprint density at radius 3 is 2.35 bits per heavy atom. The molecule has 0 saturated heterocycles. The molecule has 3 heteroatoms. The maximum absolute atomic E-state index is 3.34. The molecule has 0 heterocycles. The fourth-order valence-electron chi connectivity index (χ4n) is 1.87. The van der Waals surface area contributed by atoms with E-state index in [1.807, 2.05) is 7.05 Å². The molecule has 0 rings (SSSR count). The van der Waals surface area contributed by atoms with Gasteiger partial charge in [-0.15, -0.1) is 0 Å². The summed E-state index contributed by atoms with van der Waals surface area (Å²) in [5.74, 6) is 0.790. The molecule has 0 amide bonds. The van der Waals surface area contributed by atoms with Crippen LogP contribution in [0.25, 0.3) is 0 Å². The van der Waals surface area contributed by atoms with Crippen molar-refractivity contribution >= 4 is 0 Å². The number of nitrogens with one attached hydrogen (secondary N) is 3. The minimum Gasteiger partial charge on any atom is -0.320 e. The smallest absolute Gasteiger partial charge is 0.0125 e. The van der Waals surface area contributed by atoms with Gasteiger partial charge in [0.2, 0.25) is 0 Å². The van der Waals surface area contributed by atoms with E-state index >= 15 is 0 Å². The molecule has 0 aliphatic heterocycles. The van der Waals surface area contributed by atoms with Crippen molar-refractivity contribution < 1.29 is 0 Å². The van der Waals surface area contributed by atoms with Gasteiger partial charge in [0.25, 0.3) is 0 Å². The molecule has 0 bridgehead atoms. The lowest BCUT2D eigenvalue weighted by molar-refractivity contribution is 0.412. The van der Waals surface area contributed by atoms with Crippen LogP contribution in [0.4, 0.5) is 0 Å². The van der Waals surface area contributed by atoms with E-state index in [-0.39, 0.29) is 0 Å².